The smallest absolute Gasteiger partial charge is 0.220 e. The van der Waals surface area contributed by atoms with Gasteiger partial charge in [-0.3, -0.25) is 4.79 Å². The molecule has 0 aliphatic carbocycles. The molecule has 5 nitrogen and oxygen atoms in total. The topological polar surface area (TPSA) is 58.1 Å². The van der Waals surface area contributed by atoms with Gasteiger partial charge in [0.15, 0.2) is 0 Å². The number of benzene rings is 1. The summed E-state index contributed by atoms with van der Waals surface area (Å²) in [5.41, 5.74) is 1.06. The SMILES string of the molecule is O=C(CCc1cccc(Cl)c1)NCc1nccc(N2CCCCC2)n1. The Kier molecular flexibility index (Phi) is 6.23. The molecule has 1 aromatic heterocycles. The summed E-state index contributed by atoms with van der Waals surface area (Å²) in [6, 6.07) is 9.54. The number of aromatic nitrogens is 2. The number of nitrogens with zero attached hydrogens (tertiary/aromatic N) is 3. The van der Waals surface area contributed by atoms with Crippen molar-refractivity contribution in [3.63, 3.8) is 0 Å². The Balaban J connectivity index is 1.48. The summed E-state index contributed by atoms with van der Waals surface area (Å²) in [5, 5.41) is 3.59. The highest BCUT2D eigenvalue weighted by atomic mass is 35.5. The van der Waals surface area contributed by atoms with Gasteiger partial charge in [0.2, 0.25) is 5.91 Å². The van der Waals surface area contributed by atoms with Crippen molar-refractivity contribution < 1.29 is 4.79 Å². The molecule has 1 aliphatic heterocycles. The first-order valence-electron chi connectivity index (χ1n) is 8.79. The minimum Gasteiger partial charge on any atom is -0.357 e. The summed E-state index contributed by atoms with van der Waals surface area (Å²) >= 11 is 5.96. The van der Waals surface area contributed by atoms with Crippen LogP contribution in [0, 0.1) is 0 Å². The van der Waals surface area contributed by atoms with Gasteiger partial charge in [-0.25, -0.2) is 9.97 Å². The maximum absolute atomic E-state index is 12.1. The first kappa shape index (κ1) is 17.7. The largest absolute Gasteiger partial charge is 0.357 e. The molecule has 0 spiro atoms. The molecule has 0 unspecified atom stereocenters. The van der Waals surface area contributed by atoms with Gasteiger partial charge in [-0.05, 0) is 49.4 Å². The maximum atomic E-state index is 12.1. The Morgan fingerprint density at radius 2 is 2.04 bits per heavy atom. The van der Waals surface area contributed by atoms with E-state index in [1.165, 1.54) is 19.3 Å². The maximum Gasteiger partial charge on any atom is 0.220 e. The second kappa shape index (κ2) is 8.81. The van der Waals surface area contributed by atoms with E-state index in [1.54, 1.807) is 6.20 Å². The van der Waals surface area contributed by atoms with Gasteiger partial charge in [-0.15, -0.1) is 0 Å². The van der Waals surface area contributed by atoms with Crippen molar-refractivity contribution in [1.29, 1.82) is 0 Å². The van der Waals surface area contributed by atoms with E-state index in [2.05, 4.69) is 20.2 Å². The van der Waals surface area contributed by atoms with Crippen LogP contribution >= 0.6 is 11.6 Å². The van der Waals surface area contributed by atoms with E-state index >= 15 is 0 Å². The summed E-state index contributed by atoms with van der Waals surface area (Å²) in [5.74, 6) is 1.60. The van der Waals surface area contributed by atoms with Crippen molar-refractivity contribution >= 4 is 23.3 Å². The lowest BCUT2D eigenvalue weighted by Gasteiger charge is -2.27. The molecule has 1 aromatic carbocycles. The van der Waals surface area contributed by atoms with Crippen LogP contribution in [0.1, 0.15) is 37.1 Å². The molecule has 132 valence electrons. The number of halogens is 1. The molecule has 1 amide bonds. The van der Waals surface area contributed by atoms with Gasteiger partial charge in [0, 0.05) is 30.7 Å². The number of aryl methyl sites for hydroxylation is 1. The Bertz CT molecular complexity index is 716. The lowest BCUT2D eigenvalue weighted by atomic mass is 10.1. The summed E-state index contributed by atoms with van der Waals surface area (Å²) in [6.45, 7) is 2.45. The lowest BCUT2D eigenvalue weighted by Crippen LogP contribution is -2.31. The summed E-state index contributed by atoms with van der Waals surface area (Å²) < 4.78 is 0. The molecule has 6 heteroatoms. The number of carbonyl (C=O) groups is 1. The van der Waals surface area contributed by atoms with Crippen molar-refractivity contribution in [3.05, 3.63) is 52.9 Å². The molecule has 0 radical (unpaired) electrons. The number of piperidine rings is 1. The molecule has 0 saturated carbocycles. The highest BCUT2D eigenvalue weighted by Gasteiger charge is 2.13. The van der Waals surface area contributed by atoms with Crippen molar-refractivity contribution in [1.82, 2.24) is 15.3 Å². The number of nitrogens with one attached hydrogen (secondary N) is 1. The van der Waals surface area contributed by atoms with Gasteiger partial charge >= 0.3 is 0 Å². The van der Waals surface area contributed by atoms with Gasteiger partial charge in [-0.2, -0.15) is 0 Å². The van der Waals surface area contributed by atoms with Gasteiger partial charge in [0.05, 0.1) is 6.54 Å². The Morgan fingerprint density at radius 1 is 1.20 bits per heavy atom. The zero-order valence-electron chi connectivity index (χ0n) is 14.2. The van der Waals surface area contributed by atoms with Crippen molar-refractivity contribution in [3.8, 4) is 0 Å². The minimum absolute atomic E-state index is 0.00745. The quantitative estimate of drug-likeness (QED) is 0.860. The minimum atomic E-state index is -0.00745. The predicted octanol–water partition coefficient (Wildman–Crippen LogP) is 3.37. The third-order valence-electron chi connectivity index (χ3n) is 4.34. The number of carbonyl (C=O) groups excluding carboxylic acids is 1. The standard InChI is InChI=1S/C19H23ClN4O/c20-16-6-4-5-15(13-16)7-8-19(25)22-14-17-21-10-9-18(23-17)24-11-2-1-3-12-24/h4-6,9-10,13H,1-3,7-8,11-12,14H2,(H,22,25). The third-order valence-corrected chi connectivity index (χ3v) is 4.58. The van der Waals surface area contributed by atoms with E-state index in [0.29, 0.717) is 30.2 Å². The second-order valence-corrected chi connectivity index (χ2v) is 6.72. The Hall–Kier alpha value is -2.14. The van der Waals surface area contributed by atoms with Crippen molar-refractivity contribution in [2.75, 3.05) is 18.0 Å². The fourth-order valence-electron chi connectivity index (χ4n) is 2.99. The number of hydrogen-bond acceptors (Lipinski definition) is 4. The second-order valence-electron chi connectivity index (χ2n) is 6.29. The number of hydrogen-bond donors (Lipinski definition) is 1. The first-order valence-corrected chi connectivity index (χ1v) is 9.16. The molecule has 1 aliphatic rings. The van der Waals surface area contributed by atoms with E-state index in [4.69, 9.17) is 11.6 Å². The molecular weight excluding hydrogens is 336 g/mol. The van der Waals surface area contributed by atoms with Gasteiger partial charge in [0.1, 0.15) is 11.6 Å². The zero-order chi connectivity index (χ0) is 17.5. The molecule has 1 N–H and O–H groups in total. The number of rotatable bonds is 6. The predicted molar refractivity (Wildman–Crippen MR) is 99.7 cm³/mol. The van der Waals surface area contributed by atoms with Gasteiger partial charge in [0.25, 0.3) is 0 Å². The van der Waals surface area contributed by atoms with Crippen LogP contribution in [0.2, 0.25) is 5.02 Å². The summed E-state index contributed by atoms with van der Waals surface area (Å²) in [6.07, 6.45) is 6.56. The monoisotopic (exact) mass is 358 g/mol. The highest BCUT2D eigenvalue weighted by Crippen LogP contribution is 2.17. The average molecular weight is 359 g/mol. The van der Waals surface area contributed by atoms with Crippen LogP contribution in [0.4, 0.5) is 5.82 Å². The molecule has 25 heavy (non-hydrogen) atoms. The molecule has 1 fully saturated rings. The Labute approximate surface area is 153 Å². The lowest BCUT2D eigenvalue weighted by molar-refractivity contribution is -0.121. The highest BCUT2D eigenvalue weighted by molar-refractivity contribution is 6.30. The van der Waals surface area contributed by atoms with E-state index < -0.39 is 0 Å². The average Bonchev–Trinajstić information content (AvgIpc) is 2.66. The third kappa shape index (κ3) is 5.43. The van der Waals surface area contributed by atoms with Crippen LogP contribution in [0.25, 0.3) is 0 Å². The van der Waals surface area contributed by atoms with Crippen molar-refractivity contribution in [2.45, 2.75) is 38.6 Å². The molecule has 0 bridgehead atoms. The van der Waals surface area contributed by atoms with Crippen molar-refractivity contribution in [2.24, 2.45) is 0 Å². The molecule has 2 heterocycles. The van der Waals surface area contributed by atoms with E-state index in [9.17, 15) is 4.79 Å². The fourth-order valence-corrected chi connectivity index (χ4v) is 3.20. The normalized spacial score (nSPS) is 14.4. The van der Waals surface area contributed by atoms with Crippen LogP contribution in [0.3, 0.4) is 0 Å². The summed E-state index contributed by atoms with van der Waals surface area (Å²) in [4.78, 5) is 23.2. The Morgan fingerprint density at radius 3 is 2.84 bits per heavy atom. The van der Waals surface area contributed by atoms with Crippen LogP contribution in [-0.4, -0.2) is 29.0 Å². The van der Waals surface area contributed by atoms with E-state index in [-0.39, 0.29) is 5.91 Å². The van der Waals surface area contributed by atoms with Crippen LogP contribution in [0.5, 0.6) is 0 Å². The zero-order valence-corrected chi connectivity index (χ0v) is 15.0. The van der Waals surface area contributed by atoms with E-state index in [0.717, 1.165) is 24.5 Å². The van der Waals surface area contributed by atoms with Gasteiger partial charge < -0.3 is 10.2 Å². The molecular formula is C19H23ClN4O. The van der Waals surface area contributed by atoms with Gasteiger partial charge in [-0.1, -0.05) is 23.7 Å². The fraction of sp³-hybridized carbons (Fsp3) is 0.421. The number of amides is 1. The van der Waals surface area contributed by atoms with Crippen LogP contribution in [0.15, 0.2) is 36.5 Å². The summed E-state index contributed by atoms with van der Waals surface area (Å²) in [7, 11) is 0. The van der Waals surface area contributed by atoms with Crippen LogP contribution < -0.4 is 10.2 Å². The molecule has 1 saturated heterocycles. The molecule has 0 atom stereocenters. The van der Waals surface area contributed by atoms with Crippen LogP contribution in [-0.2, 0) is 17.8 Å². The molecule has 3 rings (SSSR count). The van der Waals surface area contributed by atoms with E-state index in [1.807, 2.05) is 30.3 Å². The molecule has 2 aromatic rings. The number of anilines is 1. The first-order chi connectivity index (χ1) is 12.2.